The average molecular weight is 551 g/mol. The fraction of sp³-hybridized carbons (Fsp3) is 0.407. The van der Waals surface area contributed by atoms with Crippen LogP contribution in [0.5, 0.6) is 0 Å². The highest BCUT2D eigenvalue weighted by atomic mass is 35.5. The molecule has 10 heteroatoms. The van der Waals surface area contributed by atoms with Gasteiger partial charge in [0.15, 0.2) is 0 Å². The van der Waals surface area contributed by atoms with Gasteiger partial charge in [0, 0.05) is 23.1 Å². The summed E-state index contributed by atoms with van der Waals surface area (Å²) in [5, 5.41) is 4.23. The van der Waals surface area contributed by atoms with Crippen LogP contribution >= 0.6 is 23.2 Å². The van der Waals surface area contributed by atoms with Crippen LogP contribution in [0, 0.1) is 0 Å². The lowest BCUT2D eigenvalue weighted by Crippen LogP contribution is -2.49. The van der Waals surface area contributed by atoms with E-state index in [0.717, 1.165) is 37.4 Å². The van der Waals surface area contributed by atoms with E-state index in [1.165, 1.54) is 6.33 Å². The van der Waals surface area contributed by atoms with Crippen molar-refractivity contribution in [3.8, 4) is 0 Å². The van der Waals surface area contributed by atoms with Crippen LogP contribution in [-0.2, 0) is 11.0 Å². The normalized spacial score (nSPS) is 19.7. The molecule has 1 aromatic heterocycles. The van der Waals surface area contributed by atoms with Crippen molar-refractivity contribution in [2.45, 2.75) is 50.9 Å². The number of nitrogens with one attached hydrogen (secondary N) is 1. The molecule has 1 saturated heterocycles. The van der Waals surface area contributed by atoms with Crippen molar-refractivity contribution in [2.24, 2.45) is 0 Å². The molecule has 196 valence electrons. The Morgan fingerprint density at radius 1 is 1.19 bits per heavy atom. The number of hydrogen-bond acceptors (Lipinski definition) is 3. The van der Waals surface area contributed by atoms with Gasteiger partial charge in [-0.1, -0.05) is 41.8 Å². The molecule has 0 saturated carbocycles. The minimum atomic E-state index is -4.54. The number of carbonyl (C=O) groups excluding carboxylic acids is 1. The highest BCUT2D eigenvalue weighted by molar-refractivity contribution is 6.35. The first-order valence-corrected chi connectivity index (χ1v) is 13.1. The predicted molar refractivity (Wildman–Crippen MR) is 140 cm³/mol. The summed E-state index contributed by atoms with van der Waals surface area (Å²) in [5.41, 5.74) is 1.60. The molecule has 1 N–H and O–H groups in total. The van der Waals surface area contributed by atoms with Gasteiger partial charge in [-0.25, -0.2) is 4.98 Å². The standard InChI is InChI=1S/C27H27Cl2F3N4O/c1-16(19-6-5-18(28)12-22(19)29)36-15-34-24-14-21(27(30,31)32)20(13-25(24)36)17-7-10-35(11-8-17)26(37)23-4-2-3-9-33-23/h5-7,12-16,23,33H,2-4,8-11H2,1H3/t16?,23-/m1/s1. The highest BCUT2D eigenvalue weighted by Gasteiger charge is 2.36. The summed E-state index contributed by atoms with van der Waals surface area (Å²) in [6, 6.07) is 7.37. The first kappa shape index (κ1) is 26.1. The molecule has 1 amide bonds. The van der Waals surface area contributed by atoms with E-state index in [9.17, 15) is 18.0 Å². The zero-order chi connectivity index (χ0) is 26.3. The van der Waals surface area contributed by atoms with Crippen LogP contribution < -0.4 is 5.32 Å². The second-order valence-electron chi connectivity index (χ2n) is 9.64. The van der Waals surface area contributed by atoms with Crippen LogP contribution in [0.3, 0.4) is 0 Å². The molecule has 0 spiro atoms. The van der Waals surface area contributed by atoms with Crippen molar-refractivity contribution in [1.29, 1.82) is 0 Å². The lowest BCUT2D eigenvalue weighted by atomic mass is 9.93. The largest absolute Gasteiger partial charge is 0.417 e. The summed E-state index contributed by atoms with van der Waals surface area (Å²) < 4.78 is 44.2. The van der Waals surface area contributed by atoms with Crippen molar-refractivity contribution in [2.75, 3.05) is 19.6 Å². The molecule has 0 bridgehead atoms. The number of fused-ring (bicyclic) bond motifs is 1. The average Bonchev–Trinajstić information content (AvgIpc) is 3.30. The molecular weight excluding hydrogens is 524 g/mol. The molecule has 0 aliphatic carbocycles. The highest BCUT2D eigenvalue weighted by Crippen LogP contribution is 2.40. The lowest BCUT2D eigenvalue weighted by Gasteiger charge is -2.32. The van der Waals surface area contributed by atoms with Crippen molar-refractivity contribution in [3.63, 3.8) is 0 Å². The van der Waals surface area contributed by atoms with Crippen molar-refractivity contribution < 1.29 is 18.0 Å². The van der Waals surface area contributed by atoms with Gasteiger partial charge in [-0.3, -0.25) is 4.79 Å². The molecule has 2 aliphatic rings. The maximum absolute atomic E-state index is 14.1. The Morgan fingerprint density at radius 3 is 2.65 bits per heavy atom. The number of nitrogens with zero attached hydrogens (tertiary/aromatic N) is 3. The number of benzene rings is 2. The molecule has 3 heterocycles. The summed E-state index contributed by atoms with van der Waals surface area (Å²) in [5.74, 6) is 0.0215. The van der Waals surface area contributed by atoms with E-state index in [-0.39, 0.29) is 35.6 Å². The Kier molecular flexibility index (Phi) is 7.27. The van der Waals surface area contributed by atoms with Gasteiger partial charge in [0.1, 0.15) is 0 Å². The molecule has 5 nitrogen and oxygen atoms in total. The first-order chi connectivity index (χ1) is 17.6. The van der Waals surface area contributed by atoms with Crippen molar-refractivity contribution in [1.82, 2.24) is 19.8 Å². The molecule has 5 rings (SSSR count). The number of aromatic nitrogens is 2. The molecule has 2 aromatic carbocycles. The Morgan fingerprint density at radius 2 is 2.00 bits per heavy atom. The van der Waals surface area contributed by atoms with Crippen LogP contribution in [0.2, 0.25) is 10.0 Å². The SMILES string of the molecule is CC(c1ccc(Cl)cc1Cl)n1cnc2cc(C(F)(F)F)c(C3=CCN(C(=O)[C@H]4CCCCN4)CC3)cc21. The monoisotopic (exact) mass is 550 g/mol. The van der Waals surface area contributed by atoms with Crippen LogP contribution in [0.25, 0.3) is 16.6 Å². The van der Waals surface area contributed by atoms with Crippen LogP contribution in [-0.4, -0.2) is 46.0 Å². The van der Waals surface area contributed by atoms with Gasteiger partial charge in [0.05, 0.1) is 35.0 Å². The fourth-order valence-corrected chi connectivity index (χ4v) is 5.84. The minimum Gasteiger partial charge on any atom is -0.337 e. The number of amides is 1. The molecule has 1 fully saturated rings. The van der Waals surface area contributed by atoms with Gasteiger partial charge in [-0.05, 0) is 73.7 Å². The third-order valence-electron chi connectivity index (χ3n) is 7.32. The van der Waals surface area contributed by atoms with Crippen LogP contribution in [0.15, 0.2) is 42.7 Å². The fourth-order valence-electron chi connectivity index (χ4n) is 5.27. The van der Waals surface area contributed by atoms with Crippen LogP contribution in [0.4, 0.5) is 13.2 Å². The Labute approximate surface area is 223 Å². The quantitative estimate of drug-likeness (QED) is 0.391. The van der Waals surface area contributed by atoms with Gasteiger partial charge < -0.3 is 14.8 Å². The van der Waals surface area contributed by atoms with E-state index in [1.807, 2.05) is 17.6 Å². The first-order valence-electron chi connectivity index (χ1n) is 12.4. The summed E-state index contributed by atoms with van der Waals surface area (Å²) in [7, 11) is 0. The zero-order valence-corrected chi connectivity index (χ0v) is 21.8. The number of hydrogen-bond donors (Lipinski definition) is 1. The molecule has 37 heavy (non-hydrogen) atoms. The number of imidazole rings is 1. The maximum Gasteiger partial charge on any atom is 0.417 e. The number of rotatable bonds is 4. The zero-order valence-electron chi connectivity index (χ0n) is 20.3. The van der Waals surface area contributed by atoms with Gasteiger partial charge in [0.25, 0.3) is 0 Å². The Hall–Kier alpha value is -2.55. The van der Waals surface area contributed by atoms with E-state index in [1.54, 1.807) is 29.2 Å². The second kappa shape index (κ2) is 10.3. The molecule has 1 unspecified atom stereocenters. The van der Waals surface area contributed by atoms with E-state index >= 15 is 0 Å². The van der Waals surface area contributed by atoms with E-state index in [0.29, 0.717) is 34.1 Å². The topological polar surface area (TPSA) is 50.2 Å². The molecule has 2 aliphatic heterocycles. The smallest absolute Gasteiger partial charge is 0.337 e. The Bertz CT molecular complexity index is 1360. The summed E-state index contributed by atoms with van der Waals surface area (Å²) in [4.78, 5) is 18.9. The van der Waals surface area contributed by atoms with E-state index in [4.69, 9.17) is 23.2 Å². The number of piperidine rings is 1. The van der Waals surface area contributed by atoms with Crippen LogP contribution in [0.1, 0.15) is 55.3 Å². The molecular formula is C27H27Cl2F3N4O. The molecule has 2 atom stereocenters. The van der Waals surface area contributed by atoms with Gasteiger partial charge >= 0.3 is 6.18 Å². The van der Waals surface area contributed by atoms with Crippen molar-refractivity contribution >= 4 is 45.7 Å². The summed E-state index contributed by atoms with van der Waals surface area (Å²) in [6.07, 6.45) is 1.94. The van der Waals surface area contributed by atoms with E-state index in [2.05, 4.69) is 10.3 Å². The molecule has 3 aromatic rings. The maximum atomic E-state index is 14.1. The van der Waals surface area contributed by atoms with Crippen molar-refractivity contribution in [3.05, 3.63) is 69.5 Å². The third-order valence-corrected chi connectivity index (χ3v) is 7.89. The third kappa shape index (κ3) is 5.24. The van der Waals surface area contributed by atoms with Gasteiger partial charge in [0.2, 0.25) is 5.91 Å². The number of halogens is 5. The summed E-state index contributed by atoms with van der Waals surface area (Å²) in [6.45, 7) is 3.40. The lowest BCUT2D eigenvalue weighted by molar-refractivity contribution is -0.138. The number of alkyl halides is 3. The van der Waals surface area contributed by atoms with Gasteiger partial charge in [-0.15, -0.1) is 0 Å². The minimum absolute atomic E-state index is 0.0215. The second-order valence-corrected chi connectivity index (χ2v) is 10.5. The predicted octanol–water partition coefficient (Wildman–Crippen LogP) is 6.73. The van der Waals surface area contributed by atoms with E-state index < -0.39 is 11.7 Å². The molecule has 0 radical (unpaired) electrons. The van der Waals surface area contributed by atoms with Gasteiger partial charge in [-0.2, -0.15) is 13.2 Å². The Balaban J connectivity index is 1.50. The summed E-state index contributed by atoms with van der Waals surface area (Å²) >= 11 is 12.5. The number of carbonyl (C=O) groups is 1.